The summed E-state index contributed by atoms with van der Waals surface area (Å²) in [7, 11) is 0. The molecule has 1 fully saturated rings. The SMILES string of the molecule is CC(C)N1CCCC(CNC(=O)NCCNC(=O)c2ccccc2)C1. The van der Waals surface area contributed by atoms with E-state index in [9.17, 15) is 9.59 Å². The molecule has 6 nitrogen and oxygen atoms in total. The van der Waals surface area contributed by atoms with Gasteiger partial charge < -0.3 is 20.9 Å². The van der Waals surface area contributed by atoms with Crippen LogP contribution in [0.25, 0.3) is 0 Å². The van der Waals surface area contributed by atoms with E-state index in [0.29, 0.717) is 37.2 Å². The summed E-state index contributed by atoms with van der Waals surface area (Å²) in [4.78, 5) is 26.2. The van der Waals surface area contributed by atoms with Crippen LogP contribution in [0, 0.1) is 5.92 Å². The van der Waals surface area contributed by atoms with E-state index in [1.54, 1.807) is 12.1 Å². The van der Waals surface area contributed by atoms with E-state index in [0.717, 1.165) is 19.5 Å². The first-order chi connectivity index (χ1) is 12.1. The van der Waals surface area contributed by atoms with Gasteiger partial charge in [-0.25, -0.2) is 4.79 Å². The predicted molar refractivity (Wildman–Crippen MR) is 99.6 cm³/mol. The second kappa shape index (κ2) is 10.0. The standard InChI is InChI=1S/C19H30N4O2/c1-15(2)23-12-6-7-16(14-23)13-22-19(25)21-11-10-20-18(24)17-8-4-3-5-9-17/h3-5,8-9,15-16H,6-7,10-14H2,1-2H3,(H,20,24)(H2,21,22,25). The van der Waals surface area contributed by atoms with Gasteiger partial charge in [-0.05, 0) is 51.3 Å². The molecule has 1 aliphatic rings. The highest BCUT2D eigenvalue weighted by atomic mass is 16.2. The minimum Gasteiger partial charge on any atom is -0.350 e. The van der Waals surface area contributed by atoms with Crippen LogP contribution in [0.2, 0.25) is 0 Å². The van der Waals surface area contributed by atoms with E-state index in [1.165, 1.54) is 6.42 Å². The lowest BCUT2D eigenvalue weighted by Crippen LogP contribution is -2.46. The normalized spacial score (nSPS) is 18.0. The molecule has 6 heteroatoms. The molecule has 1 atom stereocenters. The fraction of sp³-hybridized carbons (Fsp3) is 0.579. The van der Waals surface area contributed by atoms with Crippen LogP contribution in [0.1, 0.15) is 37.0 Å². The Morgan fingerprint density at radius 1 is 1.12 bits per heavy atom. The summed E-state index contributed by atoms with van der Waals surface area (Å²) in [6.07, 6.45) is 2.36. The molecule has 0 radical (unpaired) electrons. The third-order valence-electron chi connectivity index (χ3n) is 4.56. The van der Waals surface area contributed by atoms with Crippen LogP contribution in [0.5, 0.6) is 0 Å². The zero-order valence-corrected chi connectivity index (χ0v) is 15.3. The second-order valence-electron chi connectivity index (χ2n) is 6.86. The summed E-state index contributed by atoms with van der Waals surface area (Å²) in [6.45, 7) is 8.15. The van der Waals surface area contributed by atoms with E-state index in [-0.39, 0.29) is 11.9 Å². The number of likely N-dealkylation sites (tertiary alicyclic amines) is 1. The van der Waals surface area contributed by atoms with Crippen LogP contribution in [0.15, 0.2) is 30.3 Å². The number of carbonyl (C=O) groups excluding carboxylic acids is 2. The van der Waals surface area contributed by atoms with Gasteiger partial charge in [-0.1, -0.05) is 18.2 Å². The monoisotopic (exact) mass is 346 g/mol. The average molecular weight is 346 g/mol. The van der Waals surface area contributed by atoms with Crippen LogP contribution in [0.3, 0.4) is 0 Å². The number of carbonyl (C=O) groups is 2. The Bertz CT molecular complexity index is 548. The number of nitrogens with one attached hydrogen (secondary N) is 3. The van der Waals surface area contributed by atoms with Gasteiger partial charge in [-0.15, -0.1) is 0 Å². The molecule has 2 rings (SSSR count). The van der Waals surface area contributed by atoms with Crippen LogP contribution in [-0.4, -0.2) is 55.6 Å². The topological polar surface area (TPSA) is 73.5 Å². The van der Waals surface area contributed by atoms with Gasteiger partial charge in [0.1, 0.15) is 0 Å². The molecule has 1 unspecified atom stereocenters. The average Bonchev–Trinajstić information content (AvgIpc) is 2.64. The molecule has 0 aromatic heterocycles. The molecule has 25 heavy (non-hydrogen) atoms. The minimum atomic E-state index is -0.171. The minimum absolute atomic E-state index is 0.126. The van der Waals surface area contributed by atoms with Crippen molar-refractivity contribution in [1.29, 1.82) is 0 Å². The maximum absolute atomic E-state index is 11.9. The van der Waals surface area contributed by atoms with Crippen molar-refractivity contribution in [2.75, 3.05) is 32.7 Å². The molecule has 3 N–H and O–H groups in total. The first kappa shape index (κ1) is 19.2. The van der Waals surface area contributed by atoms with Crippen molar-refractivity contribution in [2.45, 2.75) is 32.7 Å². The number of nitrogens with zero attached hydrogens (tertiary/aromatic N) is 1. The summed E-state index contributed by atoms with van der Waals surface area (Å²) < 4.78 is 0. The Labute approximate surface area is 150 Å². The number of amides is 3. The quantitative estimate of drug-likeness (QED) is 0.660. The Morgan fingerprint density at radius 3 is 2.56 bits per heavy atom. The lowest BCUT2D eigenvalue weighted by Gasteiger charge is -2.35. The Hall–Kier alpha value is -2.08. The van der Waals surface area contributed by atoms with Gasteiger partial charge >= 0.3 is 6.03 Å². The third-order valence-corrected chi connectivity index (χ3v) is 4.56. The van der Waals surface area contributed by atoms with Gasteiger partial charge in [-0.3, -0.25) is 4.79 Å². The molecule has 1 aromatic rings. The second-order valence-corrected chi connectivity index (χ2v) is 6.86. The van der Waals surface area contributed by atoms with Crippen molar-refractivity contribution < 1.29 is 9.59 Å². The Morgan fingerprint density at radius 2 is 1.84 bits per heavy atom. The molecular formula is C19H30N4O2. The van der Waals surface area contributed by atoms with Gasteiger partial charge in [0, 0.05) is 37.8 Å². The largest absolute Gasteiger partial charge is 0.350 e. The zero-order chi connectivity index (χ0) is 18.1. The van der Waals surface area contributed by atoms with Gasteiger partial charge in [-0.2, -0.15) is 0 Å². The fourth-order valence-electron chi connectivity index (χ4n) is 3.08. The maximum Gasteiger partial charge on any atom is 0.314 e. The maximum atomic E-state index is 11.9. The molecule has 1 saturated heterocycles. The molecule has 138 valence electrons. The molecule has 0 spiro atoms. The van der Waals surface area contributed by atoms with Crippen LogP contribution < -0.4 is 16.0 Å². The molecule has 0 aliphatic carbocycles. The molecule has 0 saturated carbocycles. The molecule has 1 aliphatic heterocycles. The van der Waals surface area contributed by atoms with Crippen molar-refractivity contribution in [3.63, 3.8) is 0 Å². The van der Waals surface area contributed by atoms with Gasteiger partial charge in [0.15, 0.2) is 0 Å². The number of urea groups is 1. The number of piperidine rings is 1. The van der Waals surface area contributed by atoms with Crippen molar-refractivity contribution >= 4 is 11.9 Å². The van der Waals surface area contributed by atoms with Crippen LogP contribution >= 0.6 is 0 Å². The fourth-order valence-corrected chi connectivity index (χ4v) is 3.08. The highest BCUT2D eigenvalue weighted by Gasteiger charge is 2.21. The van der Waals surface area contributed by atoms with Gasteiger partial charge in [0.05, 0.1) is 0 Å². The molecule has 3 amide bonds. The first-order valence-corrected chi connectivity index (χ1v) is 9.15. The van der Waals surface area contributed by atoms with Gasteiger partial charge in [0.2, 0.25) is 0 Å². The van der Waals surface area contributed by atoms with Crippen LogP contribution in [0.4, 0.5) is 4.79 Å². The van der Waals surface area contributed by atoms with Gasteiger partial charge in [0.25, 0.3) is 5.91 Å². The van der Waals surface area contributed by atoms with Crippen molar-refractivity contribution in [3.8, 4) is 0 Å². The number of benzene rings is 1. The van der Waals surface area contributed by atoms with E-state index in [1.807, 2.05) is 18.2 Å². The van der Waals surface area contributed by atoms with Crippen molar-refractivity contribution in [1.82, 2.24) is 20.9 Å². The van der Waals surface area contributed by atoms with E-state index in [2.05, 4.69) is 34.7 Å². The summed E-state index contributed by atoms with van der Waals surface area (Å²) in [5, 5.41) is 8.52. The smallest absolute Gasteiger partial charge is 0.314 e. The Kier molecular flexibility index (Phi) is 7.73. The van der Waals surface area contributed by atoms with Crippen molar-refractivity contribution in [2.24, 2.45) is 5.92 Å². The molecular weight excluding hydrogens is 316 g/mol. The van der Waals surface area contributed by atoms with E-state index < -0.39 is 0 Å². The number of rotatable bonds is 7. The third kappa shape index (κ3) is 6.74. The predicted octanol–water partition coefficient (Wildman–Crippen LogP) is 1.84. The molecule has 1 aromatic carbocycles. The van der Waals surface area contributed by atoms with E-state index >= 15 is 0 Å². The highest BCUT2D eigenvalue weighted by molar-refractivity contribution is 5.94. The molecule has 0 bridgehead atoms. The van der Waals surface area contributed by atoms with Crippen LogP contribution in [-0.2, 0) is 0 Å². The summed E-state index contributed by atoms with van der Waals surface area (Å²) in [5.74, 6) is 0.387. The summed E-state index contributed by atoms with van der Waals surface area (Å²) in [6, 6.07) is 9.44. The summed E-state index contributed by atoms with van der Waals surface area (Å²) in [5.41, 5.74) is 0.624. The Balaban J connectivity index is 1.57. The zero-order valence-electron chi connectivity index (χ0n) is 15.3. The number of hydrogen-bond acceptors (Lipinski definition) is 3. The lowest BCUT2D eigenvalue weighted by atomic mass is 9.97. The lowest BCUT2D eigenvalue weighted by molar-refractivity contribution is 0.0953. The highest BCUT2D eigenvalue weighted by Crippen LogP contribution is 2.17. The first-order valence-electron chi connectivity index (χ1n) is 9.15. The molecule has 1 heterocycles. The summed E-state index contributed by atoms with van der Waals surface area (Å²) >= 11 is 0. The van der Waals surface area contributed by atoms with E-state index in [4.69, 9.17) is 0 Å². The number of hydrogen-bond donors (Lipinski definition) is 3. The van der Waals surface area contributed by atoms with Crippen molar-refractivity contribution in [3.05, 3.63) is 35.9 Å².